The van der Waals surface area contributed by atoms with E-state index < -0.39 is 0 Å². The van der Waals surface area contributed by atoms with Crippen LogP contribution in [0.3, 0.4) is 0 Å². The van der Waals surface area contributed by atoms with E-state index in [4.69, 9.17) is 17.0 Å². The summed E-state index contributed by atoms with van der Waals surface area (Å²) in [7, 11) is 0. The first-order valence-corrected chi connectivity index (χ1v) is 10.5. The summed E-state index contributed by atoms with van der Waals surface area (Å²) in [5, 5.41) is 3.70. The van der Waals surface area contributed by atoms with Gasteiger partial charge in [-0.1, -0.05) is 33.1 Å². The van der Waals surface area contributed by atoms with Crippen LogP contribution in [0.25, 0.3) is 6.08 Å². The highest BCUT2D eigenvalue weighted by Gasteiger charge is 2.36. The fourth-order valence-electron chi connectivity index (χ4n) is 3.98. The Morgan fingerprint density at radius 1 is 1.30 bits per heavy atom. The van der Waals surface area contributed by atoms with Crippen LogP contribution >= 0.6 is 12.2 Å². The molecule has 5 heteroatoms. The maximum Gasteiger partial charge on any atom is 0.276 e. The molecule has 1 aliphatic carbocycles. The molecule has 0 radical (unpaired) electrons. The van der Waals surface area contributed by atoms with Gasteiger partial charge in [-0.05, 0) is 79.7 Å². The molecule has 1 N–H and O–H groups in total. The SMILES string of the molecule is CCOc1cc(C)c(/C=C2\NC(=S)N(C3CCCCC3)C2=O)cc1C(C)C. The van der Waals surface area contributed by atoms with Crippen LogP contribution in [0.2, 0.25) is 0 Å². The molecular formula is C22H30N2O2S. The fraction of sp³-hybridized carbons (Fsp3) is 0.545. The maximum absolute atomic E-state index is 13.0. The molecule has 2 fully saturated rings. The van der Waals surface area contributed by atoms with Crippen molar-refractivity contribution in [2.24, 2.45) is 0 Å². The van der Waals surface area contributed by atoms with Crippen LogP contribution in [-0.2, 0) is 4.79 Å². The molecule has 3 rings (SSSR count). The Morgan fingerprint density at radius 2 is 2.00 bits per heavy atom. The number of nitrogens with zero attached hydrogens (tertiary/aromatic N) is 1. The van der Waals surface area contributed by atoms with Crippen molar-refractivity contribution in [2.75, 3.05) is 6.61 Å². The van der Waals surface area contributed by atoms with Gasteiger partial charge >= 0.3 is 0 Å². The van der Waals surface area contributed by atoms with E-state index in [9.17, 15) is 4.79 Å². The Labute approximate surface area is 168 Å². The first-order valence-electron chi connectivity index (χ1n) is 10.1. The van der Waals surface area contributed by atoms with Crippen molar-refractivity contribution >= 4 is 29.3 Å². The van der Waals surface area contributed by atoms with Crippen LogP contribution < -0.4 is 10.1 Å². The number of aryl methyl sites for hydroxylation is 1. The third-order valence-electron chi connectivity index (χ3n) is 5.47. The second-order valence-electron chi connectivity index (χ2n) is 7.79. The number of thiocarbonyl (C=S) groups is 1. The Balaban J connectivity index is 1.91. The summed E-state index contributed by atoms with van der Waals surface area (Å²) in [4.78, 5) is 14.8. The van der Waals surface area contributed by atoms with Crippen LogP contribution in [0.4, 0.5) is 0 Å². The van der Waals surface area contributed by atoms with Crippen molar-refractivity contribution in [3.63, 3.8) is 0 Å². The minimum atomic E-state index is 0.00582. The molecule has 2 aliphatic rings. The van der Waals surface area contributed by atoms with Gasteiger partial charge in [-0.15, -0.1) is 0 Å². The predicted molar refractivity (Wildman–Crippen MR) is 114 cm³/mol. The van der Waals surface area contributed by atoms with E-state index in [1.807, 2.05) is 13.0 Å². The highest BCUT2D eigenvalue weighted by atomic mass is 32.1. The lowest BCUT2D eigenvalue weighted by Crippen LogP contribution is -2.41. The Hall–Kier alpha value is -1.88. The van der Waals surface area contributed by atoms with E-state index in [0.29, 0.717) is 23.3 Å². The quantitative estimate of drug-likeness (QED) is 0.577. The predicted octanol–water partition coefficient (Wildman–Crippen LogP) is 4.91. The minimum absolute atomic E-state index is 0.00582. The number of nitrogens with one attached hydrogen (secondary N) is 1. The zero-order valence-electron chi connectivity index (χ0n) is 16.8. The number of benzene rings is 1. The number of amides is 1. The molecule has 0 aromatic heterocycles. The van der Waals surface area contributed by atoms with Gasteiger partial charge in [0.15, 0.2) is 5.11 Å². The molecule has 0 bridgehead atoms. The van der Waals surface area contributed by atoms with Crippen LogP contribution in [-0.4, -0.2) is 28.6 Å². The third-order valence-corrected chi connectivity index (χ3v) is 5.77. The standard InChI is InChI=1S/C22H30N2O2S/c1-5-26-20-11-15(4)16(12-18(20)14(2)3)13-19-21(25)24(22(27)23-19)17-9-7-6-8-10-17/h11-14,17H,5-10H2,1-4H3,(H,23,27)/b19-13-. The second-order valence-corrected chi connectivity index (χ2v) is 8.18. The van der Waals surface area contributed by atoms with Crippen molar-refractivity contribution in [3.8, 4) is 5.75 Å². The highest BCUT2D eigenvalue weighted by Crippen LogP contribution is 2.32. The van der Waals surface area contributed by atoms with Gasteiger partial charge in [-0.3, -0.25) is 9.69 Å². The Kier molecular flexibility index (Phi) is 6.20. The molecule has 1 aromatic carbocycles. The van der Waals surface area contributed by atoms with E-state index >= 15 is 0 Å². The molecule has 1 saturated carbocycles. The molecule has 0 unspecified atom stereocenters. The molecule has 1 aliphatic heterocycles. The molecule has 1 heterocycles. The van der Waals surface area contributed by atoms with Gasteiger partial charge in [-0.25, -0.2) is 0 Å². The maximum atomic E-state index is 13.0. The first kappa shape index (κ1) is 19.9. The molecule has 27 heavy (non-hydrogen) atoms. The molecule has 146 valence electrons. The van der Waals surface area contributed by atoms with Gasteiger partial charge in [0.25, 0.3) is 5.91 Å². The summed E-state index contributed by atoms with van der Waals surface area (Å²) >= 11 is 5.48. The lowest BCUT2D eigenvalue weighted by molar-refractivity contribution is -0.124. The molecule has 0 atom stereocenters. The molecular weight excluding hydrogens is 356 g/mol. The van der Waals surface area contributed by atoms with Gasteiger partial charge in [0, 0.05) is 6.04 Å². The summed E-state index contributed by atoms with van der Waals surface area (Å²) in [6, 6.07) is 4.45. The third kappa shape index (κ3) is 4.18. The van der Waals surface area contributed by atoms with Crippen molar-refractivity contribution in [3.05, 3.63) is 34.5 Å². The van der Waals surface area contributed by atoms with Crippen LogP contribution in [0.5, 0.6) is 5.75 Å². The normalized spacial score (nSPS) is 19.9. The number of rotatable bonds is 5. The zero-order valence-corrected chi connectivity index (χ0v) is 17.6. The molecule has 1 aromatic rings. The minimum Gasteiger partial charge on any atom is -0.494 e. The average Bonchev–Trinajstić information content (AvgIpc) is 2.91. The second kappa shape index (κ2) is 8.42. The lowest BCUT2D eigenvalue weighted by atomic mass is 9.94. The fourth-order valence-corrected chi connectivity index (χ4v) is 4.32. The number of carbonyl (C=O) groups is 1. The van der Waals surface area contributed by atoms with E-state index in [0.717, 1.165) is 35.3 Å². The molecule has 1 amide bonds. The topological polar surface area (TPSA) is 41.6 Å². The van der Waals surface area contributed by atoms with E-state index in [1.165, 1.54) is 19.3 Å². The van der Waals surface area contributed by atoms with Crippen LogP contribution in [0, 0.1) is 6.92 Å². The van der Waals surface area contributed by atoms with Gasteiger partial charge in [-0.2, -0.15) is 0 Å². The van der Waals surface area contributed by atoms with Crippen LogP contribution in [0.15, 0.2) is 17.8 Å². The molecule has 4 nitrogen and oxygen atoms in total. The van der Waals surface area contributed by atoms with Crippen molar-refractivity contribution in [2.45, 2.75) is 71.8 Å². The van der Waals surface area contributed by atoms with E-state index in [2.05, 4.69) is 38.2 Å². The number of hydrogen-bond donors (Lipinski definition) is 1. The number of ether oxygens (including phenoxy) is 1. The van der Waals surface area contributed by atoms with Crippen LogP contribution in [0.1, 0.15) is 75.5 Å². The van der Waals surface area contributed by atoms with Gasteiger partial charge < -0.3 is 10.1 Å². The van der Waals surface area contributed by atoms with Crippen molar-refractivity contribution in [1.82, 2.24) is 10.2 Å². The van der Waals surface area contributed by atoms with Crippen molar-refractivity contribution < 1.29 is 9.53 Å². The summed E-state index contributed by atoms with van der Waals surface area (Å²) in [6.45, 7) is 9.00. The first-order chi connectivity index (χ1) is 12.9. The Bertz CT molecular complexity index is 764. The van der Waals surface area contributed by atoms with Crippen molar-refractivity contribution in [1.29, 1.82) is 0 Å². The monoisotopic (exact) mass is 386 g/mol. The van der Waals surface area contributed by atoms with Gasteiger partial charge in [0.05, 0.1) is 6.61 Å². The lowest BCUT2D eigenvalue weighted by Gasteiger charge is -2.29. The van der Waals surface area contributed by atoms with Gasteiger partial charge in [0.2, 0.25) is 0 Å². The number of hydrogen-bond acceptors (Lipinski definition) is 3. The summed E-state index contributed by atoms with van der Waals surface area (Å²) in [6.07, 6.45) is 7.62. The smallest absolute Gasteiger partial charge is 0.276 e. The average molecular weight is 387 g/mol. The number of carbonyl (C=O) groups excluding carboxylic acids is 1. The molecule has 1 saturated heterocycles. The molecule has 0 spiro atoms. The van der Waals surface area contributed by atoms with E-state index in [1.54, 1.807) is 4.90 Å². The summed E-state index contributed by atoms with van der Waals surface area (Å²) < 4.78 is 5.81. The largest absolute Gasteiger partial charge is 0.494 e. The summed E-state index contributed by atoms with van der Waals surface area (Å²) in [5.41, 5.74) is 3.86. The van der Waals surface area contributed by atoms with E-state index in [-0.39, 0.29) is 11.9 Å². The highest BCUT2D eigenvalue weighted by molar-refractivity contribution is 7.80. The summed E-state index contributed by atoms with van der Waals surface area (Å²) in [5.74, 6) is 1.28. The zero-order chi connectivity index (χ0) is 19.6. The Morgan fingerprint density at radius 3 is 2.63 bits per heavy atom. The van der Waals surface area contributed by atoms with Gasteiger partial charge in [0.1, 0.15) is 11.4 Å².